The average molecular weight is 406 g/mol. The number of methoxy groups -OCH3 is 1. The number of anilines is 1. The number of benzene rings is 1. The highest BCUT2D eigenvalue weighted by molar-refractivity contribution is 7.20. The summed E-state index contributed by atoms with van der Waals surface area (Å²) in [5, 5.41) is 9.12. The third kappa shape index (κ3) is 4.79. The summed E-state index contributed by atoms with van der Waals surface area (Å²) in [6.45, 7) is 1.64. The molecule has 1 aliphatic rings. The molecule has 2 heterocycles. The molecule has 5 N–H and O–H groups in total. The van der Waals surface area contributed by atoms with Gasteiger partial charge in [-0.15, -0.1) is 11.3 Å². The molecule has 2 aromatic rings. The third-order valence-corrected chi connectivity index (χ3v) is 5.63. The van der Waals surface area contributed by atoms with Crippen molar-refractivity contribution in [1.29, 1.82) is 0 Å². The highest BCUT2D eigenvalue weighted by Crippen LogP contribution is 2.37. The summed E-state index contributed by atoms with van der Waals surface area (Å²) in [6.07, 6.45) is 2.99. The zero-order chi connectivity index (χ0) is 20.1. The molecule has 1 aromatic heterocycles. The van der Waals surface area contributed by atoms with Gasteiger partial charge in [-0.1, -0.05) is 6.42 Å². The van der Waals surface area contributed by atoms with Gasteiger partial charge in [0, 0.05) is 17.5 Å². The molecule has 0 aliphatic carbocycles. The van der Waals surface area contributed by atoms with Crippen LogP contribution < -0.4 is 26.4 Å². The van der Waals surface area contributed by atoms with Crippen LogP contribution in [0.1, 0.15) is 29.6 Å². The summed E-state index contributed by atoms with van der Waals surface area (Å²) >= 11 is 1.16. The molecule has 7 nitrogen and oxygen atoms in total. The number of carbonyl (C=O) groups excluding carboxylic acids is 2. The van der Waals surface area contributed by atoms with Crippen molar-refractivity contribution in [3.63, 3.8) is 0 Å². The van der Waals surface area contributed by atoms with Crippen molar-refractivity contribution in [1.82, 2.24) is 10.6 Å². The van der Waals surface area contributed by atoms with E-state index in [-0.39, 0.29) is 17.7 Å². The molecule has 28 heavy (non-hydrogen) atoms. The zero-order valence-electron chi connectivity index (χ0n) is 15.5. The molecule has 1 aromatic carbocycles. The first-order valence-electron chi connectivity index (χ1n) is 9.03. The third-order valence-electron chi connectivity index (χ3n) is 4.53. The number of urea groups is 1. The van der Waals surface area contributed by atoms with Crippen LogP contribution in [0.25, 0.3) is 10.4 Å². The van der Waals surface area contributed by atoms with Crippen molar-refractivity contribution in [2.24, 2.45) is 5.73 Å². The fraction of sp³-hybridized carbons (Fsp3) is 0.368. The van der Waals surface area contributed by atoms with E-state index in [1.807, 2.05) is 0 Å². The van der Waals surface area contributed by atoms with E-state index in [0.717, 1.165) is 37.1 Å². The lowest BCUT2D eigenvalue weighted by atomic mass is 10.1. The lowest BCUT2D eigenvalue weighted by Gasteiger charge is -2.16. The summed E-state index contributed by atoms with van der Waals surface area (Å²) in [6, 6.07) is 5.42. The van der Waals surface area contributed by atoms with Crippen LogP contribution in [0, 0.1) is 5.82 Å². The van der Waals surface area contributed by atoms with Gasteiger partial charge in [0.1, 0.15) is 5.00 Å². The molecule has 1 atom stereocenters. The van der Waals surface area contributed by atoms with Crippen molar-refractivity contribution in [2.45, 2.75) is 25.3 Å². The van der Waals surface area contributed by atoms with E-state index in [1.54, 1.807) is 12.1 Å². The second kappa shape index (κ2) is 9.03. The molecule has 1 aliphatic heterocycles. The van der Waals surface area contributed by atoms with Gasteiger partial charge < -0.3 is 21.1 Å². The Morgan fingerprint density at radius 2 is 2.14 bits per heavy atom. The smallest absolute Gasteiger partial charge is 0.317 e. The van der Waals surface area contributed by atoms with Crippen LogP contribution in [-0.4, -0.2) is 38.2 Å². The topological polar surface area (TPSA) is 105 Å². The van der Waals surface area contributed by atoms with E-state index in [0.29, 0.717) is 27.5 Å². The van der Waals surface area contributed by atoms with Crippen molar-refractivity contribution in [3.8, 4) is 16.2 Å². The van der Waals surface area contributed by atoms with Gasteiger partial charge >= 0.3 is 6.03 Å². The number of nitrogens with one attached hydrogen (secondary N) is 3. The van der Waals surface area contributed by atoms with Gasteiger partial charge in [0.2, 0.25) is 0 Å². The Hall–Kier alpha value is -2.65. The highest BCUT2D eigenvalue weighted by atomic mass is 32.1. The molecule has 3 rings (SSSR count). The number of nitrogens with two attached hydrogens (primary N) is 1. The Labute approximate surface area is 166 Å². The number of thiophene rings is 1. The second-order valence-electron chi connectivity index (χ2n) is 6.56. The van der Waals surface area contributed by atoms with E-state index in [4.69, 9.17) is 10.5 Å². The number of hydrogen-bond donors (Lipinski definition) is 4. The average Bonchev–Trinajstić information content (AvgIpc) is 2.89. The Kier molecular flexibility index (Phi) is 6.48. The summed E-state index contributed by atoms with van der Waals surface area (Å²) < 4.78 is 19.0. The molecule has 0 radical (unpaired) electrons. The zero-order valence-corrected chi connectivity index (χ0v) is 16.3. The van der Waals surface area contributed by atoms with Crippen LogP contribution in [0.3, 0.4) is 0 Å². The van der Waals surface area contributed by atoms with E-state index >= 15 is 0 Å². The van der Waals surface area contributed by atoms with Crippen molar-refractivity contribution in [3.05, 3.63) is 35.6 Å². The fourth-order valence-electron chi connectivity index (χ4n) is 3.13. The molecule has 0 bridgehead atoms. The van der Waals surface area contributed by atoms with Crippen LogP contribution in [0.5, 0.6) is 5.75 Å². The molecule has 9 heteroatoms. The molecule has 0 spiro atoms. The maximum atomic E-state index is 14.1. The van der Waals surface area contributed by atoms with Crippen molar-refractivity contribution < 1.29 is 18.7 Å². The molecular formula is C19H23FN4O3S. The standard InChI is InChI=1S/C19H23FN4O3S/c1-27-15-6-5-11(8-14(15)20)16-9-13(18(28-16)24-19(21)26)17(25)23-12-4-2-3-7-22-10-12/h5-6,8-9,12,22H,2-4,7,10H2,1H3,(H,23,25)(H3,21,24,26)/t12-/m0/s1. The highest BCUT2D eigenvalue weighted by Gasteiger charge is 2.22. The van der Waals surface area contributed by atoms with Gasteiger partial charge in [0.15, 0.2) is 11.6 Å². The summed E-state index contributed by atoms with van der Waals surface area (Å²) in [7, 11) is 1.39. The van der Waals surface area contributed by atoms with Gasteiger partial charge in [-0.3, -0.25) is 10.1 Å². The Balaban J connectivity index is 1.87. The summed E-state index contributed by atoms with van der Waals surface area (Å²) in [5.74, 6) is -0.670. The number of amides is 3. The van der Waals surface area contributed by atoms with Gasteiger partial charge in [-0.25, -0.2) is 9.18 Å². The Morgan fingerprint density at radius 1 is 1.32 bits per heavy atom. The number of carbonyl (C=O) groups is 2. The lowest BCUT2D eigenvalue weighted by molar-refractivity contribution is 0.0937. The van der Waals surface area contributed by atoms with Gasteiger partial charge in [-0.05, 0) is 49.2 Å². The number of rotatable bonds is 5. The number of hydrogen-bond acceptors (Lipinski definition) is 5. The molecular weight excluding hydrogens is 383 g/mol. The van der Waals surface area contributed by atoms with E-state index in [1.165, 1.54) is 19.2 Å². The van der Waals surface area contributed by atoms with Gasteiger partial charge in [0.05, 0.1) is 12.7 Å². The molecule has 0 saturated carbocycles. The largest absolute Gasteiger partial charge is 0.494 e. The second-order valence-corrected chi connectivity index (χ2v) is 7.61. The number of ether oxygens (including phenoxy) is 1. The Morgan fingerprint density at radius 3 is 2.86 bits per heavy atom. The van der Waals surface area contributed by atoms with Crippen LogP contribution in [0.4, 0.5) is 14.2 Å². The molecule has 1 saturated heterocycles. The van der Waals surface area contributed by atoms with Crippen molar-refractivity contribution >= 4 is 28.3 Å². The first-order valence-corrected chi connectivity index (χ1v) is 9.85. The number of halogens is 1. The van der Waals surface area contributed by atoms with E-state index < -0.39 is 11.8 Å². The number of primary amides is 1. The lowest BCUT2D eigenvalue weighted by Crippen LogP contribution is -2.41. The minimum Gasteiger partial charge on any atom is -0.494 e. The monoisotopic (exact) mass is 406 g/mol. The summed E-state index contributed by atoms with van der Waals surface area (Å²) in [5.41, 5.74) is 6.13. The van der Waals surface area contributed by atoms with Crippen molar-refractivity contribution in [2.75, 3.05) is 25.5 Å². The van der Waals surface area contributed by atoms with E-state index in [2.05, 4.69) is 16.0 Å². The Bertz CT molecular complexity index is 863. The summed E-state index contributed by atoms with van der Waals surface area (Å²) in [4.78, 5) is 24.8. The van der Waals surface area contributed by atoms with E-state index in [9.17, 15) is 14.0 Å². The van der Waals surface area contributed by atoms with Crippen LogP contribution in [0.15, 0.2) is 24.3 Å². The molecule has 150 valence electrons. The molecule has 1 fully saturated rings. The minimum atomic E-state index is -0.764. The maximum absolute atomic E-state index is 14.1. The molecule has 0 unspecified atom stereocenters. The SMILES string of the molecule is COc1ccc(-c2cc(C(=O)N[C@H]3CCCCNC3)c(NC(N)=O)s2)cc1F. The normalized spacial score (nSPS) is 16.9. The predicted molar refractivity (Wildman–Crippen MR) is 107 cm³/mol. The van der Waals surface area contributed by atoms with Gasteiger partial charge in [0.25, 0.3) is 5.91 Å². The first-order chi connectivity index (χ1) is 13.5. The van der Waals surface area contributed by atoms with Crippen LogP contribution in [-0.2, 0) is 0 Å². The quantitative estimate of drug-likeness (QED) is 0.613. The van der Waals surface area contributed by atoms with Gasteiger partial charge in [-0.2, -0.15) is 0 Å². The predicted octanol–water partition coefficient (Wildman–Crippen LogP) is 2.93. The van der Waals surface area contributed by atoms with Crippen LogP contribution >= 0.6 is 11.3 Å². The molecule has 3 amide bonds. The first kappa shape index (κ1) is 20.1. The maximum Gasteiger partial charge on any atom is 0.317 e. The fourth-order valence-corrected chi connectivity index (χ4v) is 4.19. The van der Waals surface area contributed by atoms with Crippen LogP contribution in [0.2, 0.25) is 0 Å². The minimum absolute atomic E-state index is 0.0122.